The zero-order valence-corrected chi connectivity index (χ0v) is 14.3. The second-order valence-electron chi connectivity index (χ2n) is 5.33. The number of Topliss-reactive ketones (excluding diaryl/α,β-unsaturated/α-hetero) is 1. The number of rotatable bonds is 5. The van der Waals surface area contributed by atoms with Crippen LogP contribution in [0.2, 0.25) is 5.02 Å². The summed E-state index contributed by atoms with van der Waals surface area (Å²) in [5.74, 6) is -1.78. The van der Waals surface area contributed by atoms with E-state index in [0.29, 0.717) is 11.3 Å². The van der Waals surface area contributed by atoms with Gasteiger partial charge in [-0.2, -0.15) is 0 Å². The van der Waals surface area contributed by atoms with Crippen LogP contribution in [0.5, 0.6) is 5.75 Å². The Hall–Kier alpha value is -2.86. The fourth-order valence-electron chi connectivity index (χ4n) is 2.11. The van der Waals surface area contributed by atoms with Crippen molar-refractivity contribution in [3.63, 3.8) is 0 Å². The van der Waals surface area contributed by atoms with Gasteiger partial charge in [-0.3, -0.25) is 9.59 Å². The van der Waals surface area contributed by atoms with Gasteiger partial charge in [0, 0.05) is 23.2 Å². The van der Waals surface area contributed by atoms with E-state index in [4.69, 9.17) is 16.3 Å². The molecule has 0 saturated carbocycles. The molecule has 6 nitrogen and oxygen atoms in total. The SMILES string of the molecule is CC(=O)Nc1ccc(C(=O)[C@H](C)OC(=O)c2ccc(Cl)cc2O)cc1. The number of anilines is 1. The number of phenols is 1. The molecule has 0 aliphatic rings. The smallest absolute Gasteiger partial charge is 0.342 e. The Kier molecular flexibility index (Phi) is 5.77. The lowest BCUT2D eigenvalue weighted by molar-refractivity contribution is -0.114. The van der Waals surface area contributed by atoms with Crippen LogP contribution in [0, 0.1) is 0 Å². The fraction of sp³-hybridized carbons (Fsp3) is 0.167. The Bertz CT molecular complexity index is 817. The van der Waals surface area contributed by atoms with Gasteiger partial charge in [0.2, 0.25) is 11.7 Å². The molecule has 0 heterocycles. The molecule has 2 N–H and O–H groups in total. The van der Waals surface area contributed by atoms with Crippen molar-refractivity contribution in [3.8, 4) is 5.75 Å². The molecule has 2 aromatic carbocycles. The predicted octanol–water partition coefficient (Wildman–Crippen LogP) is 3.43. The van der Waals surface area contributed by atoms with Gasteiger partial charge in [0.15, 0.2) is 6.10 Å². The second kappa shape index (κ2) is 7.81. The molecule has 0 aliphatic carbocycles. The van der Waals surface area contributed by atoms with Gasteiger partial charge in [-0.1, -0.05) is 11.6 Å². The number of hydrogen-bond donors (Lipinski definition) is 2. The number of nitrogens with one attached hydrogen (secondary N) is 1. The number of hydrogen-bond acceptors (Lipinski definition) is 5. The van der Waals surface area contributed by atoms with Crippen LogP contribution in [0.4, 0.5) is 5.69 Å². The summed E-state index contributed by atoms with van der Waals surface area (Å²) >= 11 is 5.71. The fourth-order valence-corrected chi connectivity index (χ4v) is 2.28. The molecule has 2 rings (SSSR count). The van der Waals surface area contributed by atoms with Crippen molar-refractivity contribution in [2.75, 3.05) is 5.32 Å². The lowest BCUT2D eigenvalue weighted by Gasteiger charge is -2.13. The number of aromatic hydroxyl groups is 1. The maximum Gasteiger partial charge on any atom is 0.342 e. The van der Waals surface area contributed by atoms with Gasteiger partial charge < -0.3 is 15.2 Å². The van der Waals surface area contributed by atoms with E-state index in [1.807, 2.05) is 0 Å². The average molecular weight is 362 g/mol. The molecule has 0 fully saturated rings. The molecule has 0 saturated heterocycles. The van der Waals surface area contributed by atoms with E-state index in [1.54, 1.807) is 12.1 Å². The minimum Gasteiger partial charge on any atom is -0.507 e. The summed E-state index contributed by atoms with van der Waals surface area (Å²) in [6.45, 7) is 2.82. The van der Waals surface area contributed by atoms with E-state index in [2.05, 4.69) is 5.32 Å². The van der Waals surface area contributed by atoms with Crippen LogP contribution in [-0.2, 0) is 9.53 Å². The summed E-state index contributed by atoms with van der Waals surface area (Å²) in [6, 6.07) is 10.2. The van der Waals surface area contributed by atoms with Gasteiger partial charge in [0.25, 0.3) is 0 Å². The number of esters is 1. The highest BCUT2D eigenvalue weighted by atomic mass is 35.5. The molecule has 0 aromatic heterocycles. The highest BCUT2D eigenvalue weighted by Crippen LogP contribution is 2.23. The maximum absolute atomic E-state index is 12.3. The molecule has 2 aromatic rings. The Morgan fingerprint density at radius 1 is 1.12 bits per heavy atom. The summed E-state index contributed by atoms with van der Waals surface area (Å²) in [5, 5.41) is 12.6. The molecule has 25 heavy (non-hydrogen) atoms. The van der Waals surface area contributed by atoms with Crippen molar-refractivity contribution in [2.24, 2.45) is 0 Å². The van der Waals surface area contributed by atoms with Crippen LogP contribution in [-0.4, -0.2) is 28.9 Å². The third-order valence-electron chi connectivity index (χ3n) is 3.32. The maximum atomic E-state index is 12.3. The van der Waals surface area contributed by atoms with Crippen molar-refractivity contribution >= 4 is 34.9 Å². The first-order chi connectivity index (χ1) is 11.8. The lowest BCUT2D eigenvalue weighted by atomic mass is 10.1. The molecule has 0 bridgehead atoms. The number of ketones is 1. The van der Waals surface area contributed by atoms with Gasteiger partial charge in [0.05, 0.1) is 0 Å². The lowest BCUT2D eigenvalue weighted by Crippen LogP contribution is -2.24. The molecule has 1 atom stereocenters. The van der Waals surface area contributed by atoms with Crippen LogP contribution < -0.4 is 5.32 Å². The number of phenolic OH excluding ortho intramolecular Hbond substituents is 1. The Morgan fingerprint density at radius 3 is 2.32 bits per heavy atom. The third kappa shape index (κ3) is 4.81. The van der Waals surface area contributed by atoms with Gasteiger partial charge in [-0.25, -0.2) is 4.79 Å². The molecule has 0 aliphatic heterocycles. The van der Waals surface area contributed by atoms with Crippen LogP contribution in [0.3, 0.4) is 0 Å². The summed E-state index contributed by atoms with van der Waals surface area (Å²) in [5.41, 5.74) is 0.805. The molecule has 0 unspecified atom stereocenters. The van der Waals surface area contributed by atoms with Crippen molar-refractivity contribution in [1.82, 2.24) is 0 Å². The Morgan fingerprint density at radius 2 is 1.76 bits per heavy atom. The molecule has 1 amide bonds. The Labute approximate surface area is 149 Å². The minimum absolute atomic E-state index is 0.0787. The largest absolute Gasteiger partial charge is 0.507 e. The van der Waals surface area contributed by atoms with Crippen LogP contribution in [0.25, 0.3) is 0 Å². The number of carbonyl (C=O) groups is 3. The molecule has 0 spiro atoms. The first-order valence-corrected chi connectivity index (χ1v) is 7.77. The minimum atomic E-state index is -1.05. The van der Waals surface area contributed by atoms with E-state index >= 15 is 0 Å². The van der Waals surface area contributed by atoms with E-state index in [9.17, 15) is 19.5 Å². The van der Waals surface area contributed by atoms with E-state index in [0.717, 1.165) is 0 Å². The highest BCUT2D eigenvalue weighted by Gasteiger charge is 2.22. The van der Waals surface area contributed by atoms with Crippen molar-refractivity contribution in [3.05, 3.63) is 58.6 Å². The normalized spacial score (nSPS) is 11.5. The van der Waals surface area contributed by atoms with Gasteiger partial charge in [-0.15, -0.1) is 0 Å². The zero-order chi connectivity index (χ0) is 18.6. The zero-order valence-electron chi connectivity index (χ0n) is 13.6. The molecule has 7 heteroatoms. The van der Waals surface area contributed by atoms with Gasteiger partial charge >= 0.3 is 5.97 Å². The van der Waals surface area contributed by atoms with E-state index < -0.39 is 17.9 Å². The number of halogens is 1. The first kappa shape index (κ1) is 18.5. The predicted molar refractivity (Wildman–Crippen MR) is 93.1 cm³/mol. The standard InChI is InChI=1S/C18H16ClNO5/c1-10(25-18(24)15-8-5-13(19)9-16(15)22)17(23)12-3-6-14(7-4-12)20-11(2)21/h3-10,22H,1-2H3,(H,20,21)/t10-/m0/s1. The molecular formula is C18H16ClNO5. The van der Waals surface area contributed by atoms with Gasteiger partial charge in [-0.05, 0) is 49.4 Å². The number of carbonyl (C=O) groups excluding carboxylic acids is 3. The summed E-state index contributed by atoms with van der Waals surface area (Å²) in [6.07, 6.45) is -1.05. The monoisotopic (exact) mass is 361 g/mol. The van der Waals surface area contributed by atoms with Crippen LogP contribution >= 0.6 is 11.6 Å². The van der Waals surface area contributed by atoms with Crippen LogP contribution in [0.1, 0.15) is 34.6 Å². The highest BCUT2D eigenvalue weighted by molar-refractivity contribution is 6.30. The number of amides is 1. The second-order valence-corrected chi connectivity index (χ2v) is 5.77. The van der Waals surface area contributed by atoms with Crippen LogP contribution in [0.15, 0.2) is 42.5 Å². The van der Waals surface area contributed by atoms with Crippen molar-refractivity contribution in [2.45, 2.75) is 20.0 Å². The molecule has 0 radical (unpaired) electrons. The summed E-state index contributed by atoms with van der Waals surface area (Å²) in [4.78, 5) is 35.4. The summed E-state index contributed by atoms with van der Waals surface area (Å²) < 4.78 is 5.11. The number of ether oxygens (including phenoxy) is 1. The third-order valence-corrected chi connectivity index (χ3v) is 3.56. The average Bonchev–Trinajstić information content (AvgIpc) is 2.54. The van der Waals surface area contributed by atoms with Gasteiger partial charge in [0.1, 0.15) is 11.3 Å². The summed E-state index contributed by atoms with van der Waals surface area (Å²) in [7, 11) is 0. The van der Waals surface area contributed by atoms with Crippen molar-refractivity contribution in [1.29, 1.82) is 0 Å². The molecule has 130 valence electrons. The quantitative estimate of drug-likeness (QED) is 0.628. The first-order valence-electron chi connectivity index (χ1n) is 7.39. The molecular weight excluding hydrogens is 346 g/mol. The van der Waals surface area contributed by atoms with E-state index in [1.165, 1.54) is 44.2 Å². The van der Waals surface area contributed by atoms with Crippen molar-refractivity contribution < 1.29 is 24.2 Å². The topological polar surface area (TPSA) is 92.7 Å². The Balaban J connectivity index is 2.06. The number of benzene rings is 2. The van der Waals surface area contributed by atoms with E-state index in [-0.39, 0.29) is 22.2 Å².